The second-order valence-electron chi connectivity index (χ2n) is 1.38. The van der Waals surface area contributed by atoms with E-state index in [1.807, 2.05) is 6.92 Å². The molecule has 3 heteroatoms. The highest BCUT2D eigenvalue weighted by atomic mass is 16.5. The van der Waals surface area contributed by atoms with Crippen LogP contribution in [0.25, 0.3) is 0 Å². The van der Waals surface area contributed by atoms with Gasteiger partial charge in [-0.25, -0.2) is 0 Å². The highest BCUT2D eigenvalue weighted by Gasteiger charge is 1.90. The van der Waals surface area contributed by atoms with Gasteiger partial charge < -0.3 is 4.52 Å². The zero-order chi connectivity index (χ0) is 5.28. The molecule has 0 aromatic carbocycles. The minimum absolute atomic E-state index is 0.472. The lowest BCUT2D eigenvalue weighted by molar-refractivity contribution is 0.424. The van der Waals surface area contributed by atoms with Crippen molar-refractivity contribution in [2.45, 2.75) is 6.92 Å². The van der Waals surface area contributed by atoms with Crippen LogP contribution in [-0.2, 0) is 0 Å². The Morgan fingerprint density at radius 2 is 2.57 bits per heavy atom. The summed E-state index contributed by atoms with van der Waals surface area (Å²) in [5, 5.41) is 3.42. The molecule has 1 aromatic rings. The summed E-state index contributed by atoms with van der Waals surface area (Å²) in [5.41, 5.74) is 1.36. The number of rotatable bonds is 0. The molecule has 0 saturated heterocycles. The first kappa shape index (κ1) is 4.43. The third kappa shape index (κ3) is 0.658. The molecule has 1 heterocycles. The average molecular weight is 92.9 g/mol. The number of hydrogen-bond donors (Lipinski definition) is 0. The maximum absolute atomic E-state index is 5.23. The quantitative estimate of drug-likeness (QED) is 0.414. The number of nitrogens with zero attached hydrogens (tertiary/aromatic N) is 1. The van der Waals surface area contributed by atoms with Gasteiger partial charge in [-0.2, -0.15) is 0 Å². The third-order valence-electron chi connectivity index (χ3n) is 0.785. The second kappa shape index (κ2) is 1.41. The lowest BCUT2D eigenvalue weighted by atomic mass is 10.0. The Hall–Kier alpha value is -0.725. The van der Waals surface area contributed by atoms with E-state index in [2.05, 4.69) is 9.68 Å². The van der Waals surface area contributed by atoms with Crippen molar-refractivity contribution in [2.24, 2.45) is 0 Å². The molecule has 0 aliphatic heterocycles. The Bertz CT molecular complexity index is 144. The fourth-order valence-corrected chi connectivity index (χ4v) is 0.295. The molecule has 1 rings (SSSR count). The highest BCUT2D eigenvalue weighted by molar-refractivity contribution is 6.31. The molecule has 34 valence electrons. The van der Waals surface area contributed by atoms with Gasteiger partial charge in [0.25, 0.3) is 0 Å². The van der Waals surface area contributed by atoms with Crippen molar-refractivity contribution in [3.8, 4) is 0 Å². The first-order valence-electron chi connectivity index (χ1n) is 1.97. The summed E-state index contributed by atoms with van der Waals surface area (Å²) in [6.07, 6.45) is 1.51. The van der Waals surface area contributed by atoms with Crippen molar-refractivity contribution >= 4 is 13.4 Å². The number of hydrogen-bond acceptors (Lipinski definition) is 2. The molecule has 2 nitrogen and oxygen atoms in total. The van der Waals surface area contributed by atoms with Crippen molar-refractivity contribution in [3.05, 3.63) is 11.8 Å². The van der Waals surface area contributed by atoms with E-state index >= 15 is 0 Å². The second-order valence-corrected chi connectivity index (χ2v) is 1.38. The van der Waals surface area contributed by atoms with Gasteiger partial charge >= 0.3 is 0 Å². The maximum Gasteiger partial charge on any atom is 0.147 e. The molecule has 0 N–H and O–H groups in total. The van der Waals surface area contributed by atoms with Crippen LogP contribution < -0.4 is 5.59 Å². The first-order chi connectivity index (χ1) is 3.30. The summed E-state index contributed by atoms with van der Waals surface area (Å²) in [6, 6.07) is 0. The summed E-state index contributed by atoms with van der Waals surface area (Å²) in [6.45, 7) is 1.84. The molecule has 0 fully saturated rings. The first-order valence-corrected chi connectivity index (χ1v) is 1.97. The highest BCUT2D eigenvalue weighted by Crippen LogP contribution is 1.84. The zero-order valence-corrected chi connectivity index (χ0v) is 4.01. The van der Waals surface area contributed by atoms with Crippen LogP contribution in [0.4, 0.5) is 0 Å². The van der Waals surface area contributed by atoms with Gasteiger partial charge in [-0.1, -0.05) is 5.16 Å². The minimum Gasteiger partial charge on any atom is -0.365 e. The largest absolute Gasteiger partial charge is 0.365 e. The van der Waals surface area contributed by atoms with Gasteiger partial charge in [-0.05, 0) is 6.92 Å². The van der Waals surface area contributed by atoms with Crippen molar-refractivity contribution < 1.29 is 4.52 Å². The Balaban J connectivity index is 3.12. The Morgan fingerprint density at radius 3 is 2.71 bits per heavy atom. The van der Waals surface area contributed by atoms with Crippen LogP contribution in [0.15, 0.2) is 10.8 Å². The van der Waals surface area contributed by atoms with Crippen LogP contribution in [-0.4, -0.2) is 13.0 Å². The van der Waals surface area contributed by atoms with Crippen LogP contribution in [0.5, 0.6) is 0 Å². The third-order valence-corrected chi connectivity index (χ3v) is 0.785. The normalized spacial score (nSPS) is 9.29. The van der Waals surface area contributed by atoms with Gasteiger partial charge in [-0.3, -0.25) is 0 Å². The maximum atomic E-state index is 5.23. The van der Waals surface area contributed by atoms with Crippen LogP contribution in [0.3, 0.4) is 0 Å². The van der Waals surface area contributed by atoms with Gasteiger partial charge in [0.2, 0.25) is 0 Å². The Kier molecular flexibility index (Phi) is 0.892. The molecule has 2 radical (unpaired) electrons. The van der Waals surface area contributed by atoms with E-state index < -0.39 is 0 Å². The monoisotopic (exact) mass is 93.0 g/mol. The van der Waals surface area contributed by atoms with Crippen LogP contribution in [0.1, 0.15) is 5.56 Å². The molecule has 0 saturated carbocycles. The van der Waals surface area contributed by atoms with Crippen molar-refractivity contribution in [3.63, 3.8) is 0 Å². The summed E-state index contributed by atoms with van der Waals surface area (Å²) in [7, 11) is 5.23. The van der Waals surface area contributed by atoms with E-state index in [1.54, 1.807) is 0 Å². The van der Waals surface area contributed by atoms with Crippen LogP contribution in [0.2, 0.25) is 0 Å². The van der Waals surface area contributed by atoms with Crippen molar-refractivity contribution in [2.75, 3.05) is 0 Å². The van der Waals surface area contributed by atoms with Gasteiger partial charge in [0, 0.05) is 11.2 Å². The Morgan fingerprint density at radius 1 is 1.86 bits per heavy atom. The predicted octanol–water partition coefficient (Wildman–Crippen LogP) is -0.223. The summed E-state index contributed by atoms with van der Waals surface area (Å²) in [4.78, 5) is 0. The summed E-state index contributed by atoms with van der Waals surface area (Å²) < 4.78 is 4.47. The lowest BCUT2D eigenvalue weighted by Crippen LogP contribution is -2.04. The van der Waals surface area contributed by atoms with Crippen LogP contribution >= 0.6 is 0 Å². The molecular weight excluding hydrogens is 88.9 g/mol. The van der Waals surface area contributed by atoms with Crippen molar-refractivity contribution in [1.82, 2.24) is 5.16 Å². The van der Waals surface area contributed by atoms with Gasteiger partial charge in [0.15, 0.2) is 0 Å². The van der Waals surface area contributed by atoms with E-state index in [0.29, 0.717) is 5.59 Å². The lowest BCUT2D eigenvalue weighted by Gasteiger charge is -1.74. The average Bonchev–Trinajstić information content (AvgIpc) is 1.91. The molecule has 0 aliphatic rings. The van der Waals surface area contributed by atoms with E-state index in [9.17, 15) is 0 Å². The Labute approximate surface area is 42.9 Å². The molecule has 0 aliphatic carbocycles. The zero-order valence-electron chi connectivity index (χ0n) is 4.01. The molecule has 1 aromatic heterocycles. The molecule has 0 atom stereocenters. The van der Waals surface area contributed by atoms with Gasteiger partial charge in [-0.15, -0.1) is 0 Å². The van der Waals surface area contributed by atoms with E-state index in [-0.39, 0.29) is 0 Å². The van der Waals surface area contributed by atoms with Crippen molar-refractivity contribution in [1.29, 1.82) is 0 Å². The fourth-order valence-electron chi connectivity index (χ4n) is 0.295. The van der Waals surface area contributed by atoms with E-state index in [4.69, 9.17) is 7.85 Å². The summed E-state index contributed by atoms with van der Waals surface area (Å²) >= 11 is 0. The minimum atomic E-state index is 0.472. The molecule has 0 spiro atoms. The topological polar surface area (TPSA) is 26.0 Å². The molecule has 7 heavy (non-hydrogen) atoms. The van der Waals surface area contributed by atoms with E-state index in [0.717, 1.165) is 5.56 Å². The van der Waals surface area contributed by atoms with E-state index in [1.165, 1.54) is 6.26 Å². The molecule has 0 unspecified atom stereocenters. The number of aromatic nitrogens is 1. The smallest absolute Gasteiger partial charge is 0.147 e. The fraction of sp³-hybridized carbons (Fsp3) is 0.250. The summed E-state index contributed by atoms with van der Waals surface area (Å²) in [5.74, 6) is 0. The van der Waals surface area contributed by atoms with Gasteiger partial charge in [0.1, 0.15) is 14.1 Å². The molecule has 0 amide bonds. The number of aryl methyl sites for hydroxylation is 1. The SMILES string of the molecule is [B]c1nocc1C. The standard InChI is InChI=1S/C4H4BNO/c1-3-2-7-6-4(3)5/h2H,1H3. The molecular formula is C4H4BNO. The van der Waals surface area contributed by atoms with Gasteiger partial charge in [0.05, 0.1) is 0 Å². The van der Waals surface area contributed by atoms with Crippen LogP contribution in [0, 0.1) is 6.92 Å². The predicted molar refractivity (Wildman–Crippen MR) is 26.6 cm³/mol. The molecule has 0 bridgehead atoms.